The average Bonchev–Trinajstić information content (AvgIpc) is 2.67. The summed E-state index contributed by atoms with van der Waals surface area (Å²) < 4.78 is 59.7. The van der Waals surface area contributed by atoms with E-state index in [9.17, 15) is 22.0 Å². The number of anilines is 1. The molecule has 0 spiro atoms. The topological polar surface area (TPSA) is 84.9 Å². The second-order valence-corrected chi connectivity index (χ2v) is 8.29. The number of amides is 2. The van der Waals surface area contributed by atoms with Gasteiger partial charge in [-0.1, -0.05) is 13.0 Å². The van der Waals surface area contributed by atoms with Gasteiger partial charge in [0.2, 0.25) is 0 Å². The highest BCUT2D eigenvalue weighted by Crippen LogP contribution is 2.30. The Hall–Kier alpha value is -2.88. The quantitative estimate of drug-likeness (QED) is 0.621. The van der Waals surface area contributed by atoms with Crippen LogP contribution in [0.3, 0.4) is 0 Å². The molecule has 2 amide bonds. The van der Waals surface area contributed by atoms with E-state index in [1.165, 1.54) is 30.2 Å². The molecule has 0 heterocycles. The van der Waals surface area contributed by atoms with Gasteiger partial charge < -0.3 is 19.1 Å². The molecule has 0 bridgehead atoms. The summed E-state index contributed by atoms with van der Waals surface area (Å²) in [5, 5.41) is 2.55. The molecule has 0 aliphatic heterocycles. The third-order valence-electron chi connectivity index (χ3n) is 4.38. The lowest BCUT2D eigenvalue weighted by Crippen LogP contribution is -2.40. The highest BCUT2D eigenvalue weighted by Gasteiger charge is 2.21. The molecule has 1 N–H and O–H groups in total. The summed E-state index contributed by atoms with van der Waals surface area (Å²) in [5.74, 6) is -1.85. The van der Waals surface area contributed by atoms with Crippen molar-refractivity contribution in [1.82, 2.24) is 4.90 Å². The van der Waals surface area contributed by atoms with Crippen LogP contribution < -0.4 is 14.2 Å². The van der Waals surface area contributed by atoms with Crippen LogP contribution in [-0.2, 0) is 16.7 Å². The minimum absolute atomic E-state index is 0.00242. The Labute approximate surface area is 174 Å². The zero-order valence-electron chi connectivity index (χ0n) is 17.1. The maximum Gasteiger partial charge on any atom is 0.322 e. The molecule has 0 saturated carbocycles. The highest BCUT2D eigenvalue weighted by molar-refractivity contribution is 7.86. The van der Waals surface area contributed by atoms with Crippen LogP contribution in [0, 0.1) is 11.6 Å². The van der Waals surface area contributed by atoms with Crippen LogP contribution in [0.15, 0.2) is 36.4 Å². The van der Waals surface area contributed by atoms with Crippen LogP contribution in [-0.4, -0.2) is 38.8 Å². The number of carbonyl (C=O) groups excluding carboxylic acids is 1. The number of carbonyl (C=O) groups is 1. The van der Waals surface area contributed by atoms with Crippen molar-refractivity contribution < 1.29 is 30.9 Å². The lowest BCUT2D eigenvalue weighted by Gasteiger charge is -2.29. The van der Waals surface area contributed by atoms with E-state index >= 15 is 0 Å². The van der Waals surface area contributed by atoms with Crippen molar-refractivity contribution in [2.45, 2.75) is 32.9 Å². The molecular weight excluding hydrogens is 418 g/mol. The number of nitrogens with one attached hydrogen (secondary N) is 1. The molecular formula is C20H24F2N2O5S. The normalized spacial score (nSPS) is 12.2. The summed E-state index contributed by atoms with van der Waals surface area (Å²) in [6, 6.07) is 7.06. The van der Waals surface area contributed by atoms with E-state index in [1.54, 1.807) is 6.07 Å². The number of urea groups is 1. The van der Waals surface area contributed by atoms with E-state index in [-0.39, 0.29) is 29.8 Å². The van der Waals surface area contributed by atoms with E-state index in [0.29, 0.717) is 12.0 Å². The Kier molecular flexibility index (Phi) is 7.60. The van der Waals surface area contributed by atoms with E-state index in [4.69, 9.17) is 8.92 Å². The first-order chi connectivity index (χ1) is 14.0. The van der Waals surface area contributed by atoms with Gasteiger partial charge in [-0.3, -0.25) is 0 Å². The van der Waals surface area contributed by atoms with Gasteiger partial charge in [-0.25, -0.2) is 13.6 Å². The lowest BCUT2D eigenvalue weighted by molar-refractivity contribution is 0.187. The van der Waals surface area contributed by atoms with Gasteiger partial charge in [-0.05, 0) is 43.2 Å². The maximum absolute atomic E-state index is 13.4. The summed E-state index contributed by atoms with van der Waals surface area (Å²) in [5.41, 5.74) is 0.707. The van der Waals surface area contributed by atoms with Gasteiger partial charge >= 0.3 is 16.1 Å². The first kappa shape index (κ1) is 23.4. The zero-order valence-corrected chi connectivity index (χ0v) is 17.9. The lowest BCUT2D eigenvalue weighted by atomic mass is 10.1. The monoisotopic (exact) mass is 442 g/mol. The summed E-state index contributed by atoms with van der Waals surface area (Å²) in [6.07, 6.45) is 1.55. The fourth-order valence-corrected chi connectivity index (χ4v) is 3.12. The van der Waals surface area contributed by atoms with Crippen molar-refractivity contribution in [2.75, 3.05) is 18.7 Å². The first-order valence-electron chi connectivity index (χ1n) is 9.13. The predicted molar refractivity (Wildman–Crippen MR) is 109 cm³/mol. The number of rotatable bonds is 8. The van der Waals surface area contributed by atoms with Crippen LogP contribution in [0.4, 0.5) is 19.3 Å². The molecule has 0 aromatic heterocycles. The van der Waals surface area contributed by atoms with Gasteiger partial charge in [0.15, 0.2) is 23.1 Å². The van der Waals surface area contributed by atoms with E-state index in [0.717, 1.165) is 18.4 Å². The van der Waals surface area contributed by atoms with Crippen molar-refractivity contribution in [3.05, 3.63) is 53.6 Å². The molecule has 0 saturated heterocycles. The molecule has 0 fully saturated rings. The third kappa shape index (κ3) is 6.31. The Morgan fingerprint density at radius 2 is 1.83 bits per heavy atom. The van der Waals surface area contributed by atoms with Gasteiger partial charge in [0.05, 0.1) is 13.4 Å². The van der Waals surface area contributed by atoms with Gasteiger partial charge in [-0.15, -0.1) is 0 Å². The van der Waals surface area contributed by atoms with Crippen LogP contribution in [0.2, 0.25) is 0 Å². The summed E-state index contributed by atoms with van der Waals surface area (Å²) in [4.78, 5) is 14.3. The number of hydrogen-bond acceptors (Lipinski definition) is 5. The van der Waals surface area contributed by atoms with Crippen molar-refractivity contribution in [3.63, 3.8) is 0 Å². The number of ether oxygens (including phenoxy) is 1. The molecule has 7 nitrogen and oxygen atoms in total. The molecule has 2 rings (SSSR count). The molecule has 2 aromatic carbocycles. The Bertz CT molecular complexity index is 1010. The van der Waals surface area contributed by atoms with E-state index in [1.807, 2.05) is 13.8 Å². The molecule has 0 aliphatic carbocycles. The van der Waals surface area contributed by atoms with Gasteiger partial charge in [0.1, 0.15) is 0 Å². The molecule has 2 aromatic rings. The van der Waals surface area contributed by atoms with Crippen molar-refractivity contribution in [2.24, 2.45) is 0 Å². The van der Waals surface area contributed by atoms with Crippen molar-refractivity contribution >= 4 is 21.8 Å². The maximum atomic E-state index is 13.4. The Morgan fingerprint density at radius 3 is 2.40 bits per heavy atom. The van der Waals surface area contributed by atoms with Gasteiger partial charge in [-0.2, -0.15) is 8.42 Å². The number of halogens is 2. The molecule has 164 valence electrons. The molecule has 30 heavy (non-hydrogen) atoms. The largest absolute Gasteiger partial charge is 0.493 e. The highest BCUT2D eigenvalue weighted by atomic mass is 32.2. The van der Waals surface area contributed by atoms with Crippen molar-refractivity contribution in [1.29, 1.82) is 0 Å². The standard InChI is InChI=1S/C20H24F2N2O5S/c1-5-13(2)24(20(25)23-15-7-8-16(21)17(22)11-15)12-14-6-9-18(28-3)19(10-14)29-30(4,26)27/h6-11,13H,5,12H2,1-4H3,(H,23,25). The average molecular weight is 442 g/mol. The summed E-state index contributed by atoms with van der Waals surface area (Å²) in [6.45, 7) is 3.85. The number of nitrogens with zero attached hydrogens (tertiary/aromatic N) is 1. The minimum atomic E-state index is -3.78. The third-order valence-corrected chi connectivity index (χ3v) is 4.86. The Balaban J connectivity index is 2.28. The molecule has 10 heteroatoms. The van der Waals surface area contributed by atoms with Crippen molar-refractivity contribution in [3.8, 4) is 11.5 Å². The minimum Gasteiger partial charge on any atom is -0.493 e. The summed E-state index contributed by atoms with van der Waals surface area (Å²) >= 11 is 0. The second-order valence-electron chi connectivity index (χ2n) is 6.72. The van der Waals surface area contributed by atoms with Gasteiger partial charge in [0, 0.05) is 24.3 Å². The molecule has 1 atom stereocenters. The van der Waals surface area contributed by atoms with Crippen LogP contribution in [0.5, 0.6) is 11.5 Å². The molecule has 0 aliphatic rings. The molecule has 1 unspecified atom stereocenters. The van der Waals surface area contributed by atoms with E-state index < -0.39 is 27.8 Å². The smallest absolute Gasteiger partial charge is 0.322 e. The van der Waals surface area contributed by atoms with E-state index in [2.05, 4.69) is 5.32 Å². The first-order valence-corrected chi connectivity index (χ1v) is 10.9. The number of methoxy groups -OCH3 is 1. The SMILES string of the molecule is CCC(C)N(Cc1ccc(OC)c(OS(C)(=O)=O)c1)C(=O)Nc1ccc(F)c(F)c1. The predicted octanol–water partition coefficient (Wildman–Crippen LogP) is 4.14. The Morgan fingerprint density at radius 1 is 1.13 bits per heavy atom. The molecule has 0 radical (unpaired) electrons. The van der Waals surface area contributed by atoms with Gasteiger partial charge in [0.25, 0.3) is 0 Å². The fourth-order valence-electron chi connectivity index (χ4n) is 2.66. The fraction of sp³-hybridized carbons (Fsp3) is 0.350. The number of benzene rings is 2. The van der Waals surface area contributed by atoms with Crippen LogP contribution in [0.25, 0.3) is 0 Å². The van der Waals surface area contributed by atoms with Crippen LogP contribution >= 0.6 is 0 Å². The number of hydrogen-bond donors (Lipinski definition) is 1. The van der Waals surface area contributed by atoms with Crippen LogP contribution in [0.1, 0.15) is 25.8 Å². The zero-order chi connectivity index (χ0) is 22.5. The summed E-state index contributed by atoms with van der Waals surface area (Å²) in [7, 11) is -2.40. The second kappa shape index (κ2) is 9.75.